The molecular weight excluding hydrogens is 340 g/mol. The summed E-state index contributed by atoms with van der Waals surface area (Å²) in [6.07, 6.45) is 3.21. The monoisotopic (exact) mass is 354 g/mol. The highest BCUT2D eigenvalue weighted by Crippen LogP contribution is 2.22. The van der Waals surface area contributed by atoms with Gasteiger partial charge in [0, 0.05) is 27.3 Å². The van der Waals surface area contributed by atoms with Crippen LogP contribution in [0.1, 0.15) is 42.4 Å². The zero-order valence-electron chi connectivity index (χ0n) is 11.4. The van der Waals surface area contributed by atoms with Crippen LogP contribution in [0.4, 0.5) is 0 Å². The van der Waals surface area contributed by atoms with E-state index in [4.69, 9.17) is 11.6 Å². The standard InChI is InChI=1S/C15H16BrClN2O/c1-3-10(2)19-7-6-12(18-19)9-15(20)13-8-11(17)4-5-14(13)16/h4-8,10H,3,9H2,1-2H3. The van der Waals surface area contributed by atoms with Crippen molar-refractivity contribution in [1.29, 1.82) is 0 Å². The minimum atomic E-state index is 0.00813. The van der Waals surface area contributed by atoms with Crippen LogP contribution >= 0.6 is 27.5 Å². The van der Waals surface area contributed by atoms with Crippen LogP contribution in [0.5, 0.6) is 0 Å². The molecule has 0 saturated heterocycles. The molecule has 1 heterocycles. The average Bonchev–Trinajstić information content (AvgIpc) is 2.89. The third-order valence-corrected chi connectivity index (χ3v) is 4.20. The summed E-state index contributed by atoms with van der Waals surface area (Å²) in [7, 11) is 0. The van der Waals surface area contributed by atoms with Gasteiger partial charge >= 0.3 is 0 Å². The van der Waals surface area contributed by atoms with Gasteiger partial charge in [-0.25, -0.2) is 0 Å². The van der Waals surface area contributed by atoms with Gasteiger partial charge in [-0.15, -0.1) is 0 Å². The third-order valence-electron chi connectivity index (χ3n) is 3.28. The summed E-state index contributed by atoms with van der Waals surface area (Å²) >= 11 is 9.31. The van der Waals surface area contributed by atoms with Gasteiger partial charge in [0.2, 0.25) is 0 Å². The van der Waals surface area contributed by atoms with Gasteiger partial charge in [0.1, 0.15) is 0 Å². The maximum atomic E-state index is 12.3. The number of benzene rings is 1. The number of aromatic nitrogens is 2. The fourth-order valence-electron chi connectivity index (χ4n) is 1.88. The molecule has 0 fully saturated rings. The van der Waals surface area contributed by atoms with Crippen molar-refractivity contribution >= 4 is 33.3 Å². The summed E-state index contributed by atoms with van der Waals surface area (Å²) in [6.45, 7) is 4.21. The Kier molecular flexibility index (Phi) is 5.00. The van der Waals surface area contributed by atoms with E-state index < -0.39 is 0 Å². The Bertz CT molecular complexity index is 624. The first kappa shape index (κ1) is 15.3. The number of rotatable bonds is 5. The first-order chi connectivity index (χ1) is 9.51. The van der Waals surface area contributed by atoms with E-state index in [1.165, 1.54) is 0 Å². The van der Waals surface area contributed by atoms with E-state index in [2.05, 4.69) is 34.9 Å². The summed E-state index contributed by atoms with van der Waals surface area (Å²) in [5, 5.41) is 5.00. The van der Waals surface area contributed by atoms with Gasteiger partial charge < -0.3 is 0 Å². The lowest BCUT2D eigenvalue weighted by Crippen LogP contribution is -2.08. The maximum Gasteiger partial charge on any atom is 0.170 e. The van der Waals surface area contributed by atoms with Crippen molar-refractivity contribution < 1.29 is 4.79 Å². The summed E-state index contributed by atoms with van der Waals surface area (Å²) in [4.78, 5) is 12.3. The summed E-state index contributed by atoms with van der Waals surface area (Å²) in [5.41, 5.74) is 1.37. The number of hydrogen-bond acceptors (Lipinski definition) is 2. The second kappa shape index (κ2) is 6.55. The van der Waals surface area contributed by atoms with E-state index in [0.717, 1.165) is 16.6 Å². The molecule has 0 N–H and O–H groups in total. The van der Waals surface area contributed by atoms with Crippen molar-refractivity contribution in [2.75, 3.05) is 0 Å². The van der Waals surface area contributed by atoms with Gasteiger partial charge in [-0.1, -0.05) is 34.5 Å². The molecule has 20 heavy (non-hydrogen) atoms. The van der Waals surface area contributed by atoms with Crippen LogP contribution in [0.3, 0.4) is 0 Å². The number of carbonyl (C=O) groups is 1. The second-order valence-corrected chi connectivity index (χ2v) is 6.06. The lowest BCUT2D eigenvalue weighted by atomic mass is 10.1. The highest BCUT2D eigenvalue weighted by atomic mass is 79.9. The van der Waals surface area contributed by atoms with Crippen molar-refractivity contribution in [3.8, 4) is 0 Å². The number of ketones is 1. The molecule has 2 rings (SSSR count). The number of halogens is 2. The smallest absolute Gasteiger partial charge is 0.170 e. The second-order valence-electron chi connectivity index (χ2n) is 4.77. The van der Waals surface area contributed by atoms with Crippen LogP contribution in [0, 0.1) is 0 Å². The molecule has 1 aromatic carbocycles. The molecule has 0 saturated carbocycles. The normalized spacial score (nSPS) is 12.4. The Labute approximate surface area is 132 Å². The largest absolute Gasteiger partial charge is 0.294 e. The van der Waals surface area contributed by atoms with Gasteiger partial charge in [0.05, 0.1) is 12.1 Å². The molecule has 5 heteroatoms. The lowest BCUT2D eigenvalue weighted by Gasteiger charge is -2.08. The van der Waals surface area contributed by atoms with Crippen molar-refractivity contribution in [3.05, 3.63) is 51.2 Å². The Hall–Kier alpha value is -1.13. The van der Waals surface area contributed by atoms with Crippen LogP contribution < -0.4 is 0 Å². The van der Waals surface area contributed by atoms with Crippen LogP contribution in [0.25, 0.3) is 0 Å². The molecular formula is C15H16BrClN2O. The van der Waals surface area contributed by atoms with Crippen molar-refractivity contribution in [3.63, 3.8) is 0 Å². The Morgan fingerprint density at radius 3 is 2.90 bits per heavy atom. The fraction of sp³-hybridized carbons (Fsp3) is 0.333. The number of nitrogens with zero attached hydrogens (tertiary/aromatic N) is 2. The highest BCUT2D eigenvalue weighted by molar-refractivity contribution is 9.10. The molecule has 1 aromatic heterocycles. The SMILES string of the molecule is CCC(C)n1ccc(CC(=O)c2cc(Cl)ccc2Br)n1. The molecule has 2 aromatic rings. The lowest BCUT2D eigenvalue weighted by molar-refractivity contribution is 0.0991. The molecule has 1 atom stereocenters. The van der Waals surface area contributed by atoms with Crippen molar-refractivity contribution in [2.45, 2.75) is 32.7 Å². The van der Waals surface area contributed by atoms with Crippen LogP contribution in [-0.4, -0.2) is 15.6 Å². The minimum Gasteiger partial charge on any atom is -0.294 e. The third kappa shape index (κ3) is 3.49. The predicted octanol–water partition coefficient (Wildman–Crippen LogP) is 4.70. The average molecular weight is 356 g/mol. The molecule has 0 aliphatic rings. The molecule has 3 nitrogen and oxygen atoms in total. The highest BCUT2D eigenvalue weighted by Gasteiger charge is 2.14. The summed E-state index contributed by atoms with van der Waals surface area (Å²) in [6, 6.07) is 7.45. The Morgan fingerprint density at radius 1 is 1.45 bits per heavy atom. The number of Topliss-reactive ketones (excluding diaryl/α,β-unsaturated/α-hetero) is 1. The molecule has 0 bridgehead atoms. The quantitative estimate of drug-likeness (QED) is 0.729. The number of hydrogen-bond donors (Lipinski definition) is 0. The fourth-order valence-corrected chi connectivity index (χ4v) is 2.51. The van der Waals surface area contributed by atoms with E-state index in [9.17, 15) is 4.79 Å². The van der Waals surface area contributed by atoms with Crippen LogP contribution in [0.2, 0.25) is 5.02 Å². The molecule has 0 aliphatic heterocycles. The summed E-state index contributed by atoms with van der Waals surface area (Å²) < 4.78 is 2.66. The van der Waals surface area contributed by atoms with Crippen LogP contribution in [0.15, 0.2) is 34.9 Å². The first-order valence-electron chi connectivity index (χ1n) is 6.53. The maximum absolute atomic E-state index is 12.3. The molecule has 0 radical (unpaired) electrons. The zero-order chi connectivity index (χ0) is 14.7. The Balaban J connectivity index is 2.15. The first-order valence-corrected chi connectivity index (χ1v) is 7.70. The van der Waals surface area contributed by atoms with E-state index >= 15 is 0 Å². The van der Waals surface area contributed by atoms with E-state index in [1.54, 1.807) is 18.2 Å². The molecule has 106 valence electrons. The van der Waals surface area contributed by atoms with Crippen molar-refractivity contribution in [2.24, 2.45) is 0 Å². The molecule has 1 unspecified atom stereocenters. The molecule has 0 spiro atoms. The zero-order valence-corrected chi connectivity index (χ0v) is 13.8. The van der Waals surface area contributed by atoms with Gasteiger partial charge in [-0.05, 0) is 37.6 Å². The van der Waals surface area contributed by atoms with E-state index in [1.807, 2.05) is 16.9 Å². The minimum absolute atomic E-state index is 0.00813. The van der Waals surface area contributed by atoms with Gasteiger partial charge in [-0.3, -0.25) is 9.48 Å². The topological polar surface area (TPSA) is 34.9 Å². The van der Waals surface area contributed by atoms with Gasteiger partial charge in [0.25, 0.3) is 0 Å². The molecule has 0 amide bonds. The van der Waals surface area contributed by atoms with Crippen molar-refractivity contribution in [1.82, 2.24) is 9.78 Å². The van der Waals surface area contributed by atoms with E-state index in [0.29, 0.717) is 16.6 Å². The Morgan fingerprint density at radius 2 is 2.20 bits per heavy atom. The number of carbonyl (C=O) groups excluding carboxylic acids is 1. The van der Waals surface area contributed by atoms with Gasteiger partial charge in [0.15, 0.2) is 5.78 Å². The van der Waals surface area contributed by atoms with Crippen LogP contribution in [-0.2, 0) is 6.42 Å². The predicted molar refractivity (Wildman–Crippen MR) is 84.4 cm³/mol. The molecule has 0 aliphatic carbocycles. The van der Waals surface area contributed by atoms with Gasteiger partial charge in [-0.2, -0.15) is 5.10 Å². The van der Waals surface area contributed by atoms with E-state index in [-0.39, 0.29) is 12.2 Å². The summed E-state index contributed by atoms with van der Waals surface area (Å²) in [5.74, 6) is 0.00813.